The molecule has 16 heavy (non-hydrogen) atoms. The van der Waals surface area contributed by atoms with Gasteiger partial charge in [-0.3, -0.25) is 16.0 Å². The van der Waals surface area contributed by atoms with Crippen LogP contribution in [-0.2, 0) is 20.5 Å². The molecule has 0 amide bonds. The molecule has 0 bridgehead atoms. The number of rotatable bonds is 4. The SMILES string of the molecule is Cn1cc(C(Cc2nccn2C)NN)cn1. The molecule has 0 aromatic carbocycles. The van der Waals surface area contributed by atoms with Gasteiger partial charge in [-0.25, -0.2) is 4.98 Å². The van der Waals surface area contributed by atoms with Gasteiger partial charge >= 0.3 is 0 Å². The highest BCUT2D eigenvalue weighted by molar-refractivity contribution is 5.12. The maximum Gasteiger partial charge on any atom is 0.110 e. The molecule has 2 aromatic heterocycles. The Morgan fingerprint density at radius 3 is 2.81 bits per heavy atom. The molecule has 0 fully saturated rings. The number of nitrogens with one attached hydrogen (secondary N) is 1. The maximum absolute atomic E-state index is 5.56. The van der Waals surface area contributed by atoms with Crippen LogP contribution in [0.15, 0.2) is 24.8 Å². The average molecular weight is 220 g/mol. The Morgan fingerprint density at radius 2 is 2.31 bits per heavy atom. The van der Waals surface area contributed by atoms with Gasteiger partial charge in [-0.05, 0) is 0 Å². The summed E-state index contributed by atoms with van der Waals surface area (Å²) in [4.78, 5) is 4.28. The van der Waals surface area contributed by atoms with E-state index in [-0.39, 0.29) is 6.04 Å². The van der Waals surface area contributed by atoms with Crippen molar-refractivity contribution in [3.8, 4) is 0 Å². The largest absolute Gasteiger partial charge is 0.338 e. The molecule has 0 radical (unpaired) electrons. The summed E-state index contributed by atoms with van der Waals surface area (Å²) in [5.74, 6) is 6.55. The molecule has 2 heterocycles. The van der Waals surface area contributed by atoms with E-state index in [9.17, 15) is 0 Å². The lowest BCUT2D eigenvalue weighted by Crippen LogP contribution is -2.30. The Balaban J connectivity index is 2.15. The van der Waals surface area contributed by atoms with E-state index in [1.54, 1.807) is 10.9 Å². The van der Waals surface area contributed by atoms with E-state index in [2.05, 4.69) is 15.5 Å². The van der Waals surface area contributed by atoms with Crippen LogP contribution in [0.1, 0.15) is 17.4 Å². The zero-order chi connectivity index (χ0) is 11.5. The van der Waals surface area contributed by atoms with Crippen LogP contribution in [0, 0.1) is 0 Å². The lowest BCUT2D eigenvalue weighted by Gasteiger charge is -2.13. The van der Waals surface area contributed by atoms with E-state index in [4.69, 9.17) is 5.84 Å². The van der Waals surface area contributed by atoms with Crippen LogP contribution in [-0.4, -0.2) is 19.3 Å². The zero-order valence-electron chi connectivity index (χ0n) is 9.46. The Bertz CT molecular complexity index is 457. The molecule has 0 saturated heterocycles. The quantitative estimate of drug-likeness (QED) is 0.557. The lowest BCUT2D eigenvalue weighted by atomic mass is 10.1. The van der Waals surface area contributed by atoms with Crippen LogP contribution in [0.2, 0.25) is 0 Å². The van der Waals surface area contributed by atoms with E-state index < -0.39 is 0 Å². The van der Waals surface area contributed by atoms with Crippen molar-refractivity contribution in [1.82, 2.24) is 24.8 Å². The minimum atomic E-state index is 0.0369. The van der Waals surface area contributed by atoms with Crippen LogP contribution < -0.4 is 11.3 Å². The first-order chi connectivity index (χ1) is 7.70. The number of nitrogens with zero attached hydrogens (tertiary/aromatic N) is 4. The molecule has 0 spiro atoms. The highest BCUT2D eigenvalue weighted by atomic mass is 15.3. The molecule has 2 aromatic rings. The fourth-order valence-electron chi connectivity index (χ4n) is 1.67. The van der Waals surface area contributed by atoms with Crippen LogP contribution >= 0.6 is 0 Å². The highest BCUT2D eigenvalue weighted by Gasteiger charge is 2.14. The van der Waals surface area contributed by atoms with Gasteiger partial charge in [-0.2, -0.15) is 5.10 Å². The van der Waals surface area contributed by atoms with Gasteiger partial charge in [0.25, 0.3) is 0 Å². The third-order valence-electron chi connectivity index (χ3n) is 2.64. The van der Waals surface area contributed by atoms with Gasteiger partial charge < -0.3 is 4.57 Å². The minimum absolute atomic E-state index is 0.0369. The van der Waals surface area contributed by atoms with Crippen molar-refractivity contribution in [1.29, 1.82) is 0 Å². The van der Waals surface area contributed by atoms with Crippen LogP contribution in [0.5, 0.6) is 0 Å². The number of imidazole rings is 1. The second-order valence-electron chi connectivity index (χ2n) is 3.83. The Hall–Kier alpha value is -1.66. The summed E-state index contributed by atoms with van der Waals surface area (Å²) < 4.78 is 3.75. The summed E-state index contributed by atoms with van der Waals surface area (Å²) in [6, 6.07) is 0.0369. The molecule has 1 atom stereocenters. The predicted octanol–water partition coefficient (Wildman–Crippen LogP) is -0.0993. The first-order valence-corrected chi connectivity index (χ1v) is 5.11. The van der Waals surface area contributed by atoms with Crippen LogP contribution in [0.25, 0.3) is 0 Å². The summed E-state index contributed by atoms with van der Waals surface area (Å²) in [6.45, 7) is 0. The first kappa shape index (κ1) is 10.8. The molecule has 3 N–H and O–H groups in total. The van der Waals surface area contributed by atoms with Crippen molar-refractivity contribution in [3.05, 3.63) is 36.2 Å². The number of aromatic nitrogens is 4. The summed E-state index contributed by atoms with van der Waals surface area (Å²) in [6.07, 6.45) is 8.21. The number of hydrazine groups is 1. The molecule has 6 heteroatoms. The summed E-state index contributed by atoms with van der Waals surface area (Å²) in [5, 5.41) is 4.13. The Labute approximate surface area is 94.1 Å². The molecular weight excluding hydrogens is 204 g/mol. The molecular formula is C10H16N6. The van der Waals surface area contributed by atoms with E-state index in [0.29, 0.717) is 0 Å². The molecule has 86 valence electrons. The highest BCUT2D eigenvalue weighted by Crippen LogP contribution is 2.15. The van der Waals surface area contributed by atoms with Gasteiger partial charge in [0.1, 0.15) is 5.82 Å². The summed E-state index contributed by atoms with van der Waals surface area (Å²) in [5.41, 5.74) is 3.85. The minimum Gasteiger partial charge on any atom is -0.338 e. The fourth-order valence-corrected chi connectivity index (χ4v) is 1.67. The van der Waals surface area contributed by atoms with Crippen molar-refractivity contribution in [2.75, 3.05) is 0 Å². The van der Waals surface area contributed by atoms with Gasteiger partial charge in [0.15, 0.2) is 0 Å². The topological polar surface area (TPSA) is 73.7 Å². The molecule has 0 aliphatic rings. The molecule has 1 unspecified atom stereocenters. The van der Waals surface area contributed by atoms with Crippen LogP contribution in [0.3, 0.4) is 0 Å². The zero-order valence-corrected chi connectivity index (χ0v) is 9.46. The molecule has 0 saturated carbocycles. The summed E-state index contributed by atoms with van der Waals surface area (Å²) in [7, 11) is 3.86. The lowest BCUT2D eigenvalue weighted by molar-refractivity contribution is 0.530. The van der Waals surface area contributed by atoms with E-state index in [1.807, 2.05) is 37.3 Å². The first-order valence-electron chi connectivity index (χ1n) is 5.11. The molecule has 0 aliphatic carbocycles. The van der Waals surface area contributed by atoms with E-state index in [1.165, 1.54) is 0 Å². The Morgan fingerprint density at radius 1 is 1.50 bits per heavy atom. The standard InChI is InChI=1S/C10H16N6/c1-15-4-3-12-10(15)5-9(14-11)8-6-13-16(2)7-8/h3-4,6-7,9,14H,5,11H2,1-2H3. The maximum atomic E-state index is 5.56. The van der Waals surface area contributed by atoms with Gasteiger partial charge in [0, 0.05) is 44.7 Å². The normalized spacial score (nSPS) is 12.9. The third kappa shape index (κ3) is 2.12. The number of aryl methyl sites for hydroxylation is 2. The number of hydrogen-bond acceptors (Lipinski definition) is 4. The van der Waals surface area contributed by atoms with Gasteiger partial charge in [-0.15, -0.1) is 0 Å². The number of nitrogens with two attached hydrogens (primary N) is 1. The van der Waals surface area contributed by atoms with Gasteiger partial charge in [-0.1, -0.05) is 0 Å². The second kappa shape index (κ2) is 4.46. The van der Waals surface area contributed by atoms with Gasteiger partial charge in [0.05, 0.1) is 12.2 Å². The van der Waals surface area contributed by atoms with Crippen LogP contribution in [0.4, 0.5) is 0 Å². The number of hydrogen-bond donors (Lipinski definition) is 2. The van der Waals surface area contributed by atoms with Crippen molar-refractivity contribution in [3.63, 3.8) is 0 Å². The van der Waals surface area contributed by atoms with E-state index >= 15 is 0 Å². The van der Waals surface area contributed by atoms with Crippen molar-refractivity contribution in [2.45, 2.75) is 12.5 Å². The van der Waals surface area contributed by atoms with Gasteiger partial charge in [0.2, 0.25) is 0 Å². The fraction of sp³-hybridized carbons (Fsp3) is 0.400. The van der Waals surface area contributed by atoms with Crippen molar-refractivity contribution in [2.24, 2.45) is 19.9 Å². The average Bonchev–Trinajstić information content (AvgIpc) is 2.85. The third-order valence-corrected chi connectivity index (χ3v) is 2.64. The van der Waals surface area contributed by atoms with Crippen molar-refractivity contribution >= 4 is 0 Å². The summed E-state index contributed by atoms with van der Waals surface area (Å²) >= 11 is 0. The predicted molar refractivity (Wildman–Crippen MR) is 60.2 cm³/mol. The monoisotopic (exact) mass is 220 g/mol. The molecule has 0 aliphatic heterocycles. The Kier molecular flexibility index (Phi) is 3.02. The van der Waals surface area contributed by atoms with E-state index in [0.717, 1.165) is 17.8 Å². The van der Waals surface area contributed by atoms with Crippen molar-refractivity contribution < 1.29 is 0 Å². The molecule has 6 nitrogen and oxygen atoms in total. The second-order valence-corrected chi connectivity index (χ2v) is 3.83. The smallest absolute Gasteiger partial charge is 0.110 e. The molecule has 2 rings (SSSR count).